The second-order valence-electron chi connectivity index (χ2n) is 3.40. The van der Waals surface area contributed by atoms with E-state index in [1.807, 2.05) is 18.3 Å². The average molecular weight is 374 g/mol. The molecule has 0 unspecified atom stereocenters. The highest BCUT2D eigenvalue weighted by molar-refractivity contribution is 14.1. The van der Waals surface area contributed by atoms with Crippen molar-refractivity contribution < 1.29 is 0 Å². The highest BCUT2D eigenvalue weighted by Crippen LogP contribution is 2.15. The summed E-state index contributed by atoms with van der Waals surface area (Å²) in [6.07, 6.45) is 5.20. The van der Waals surface area contributed by atoms with Crippen molar-refractivity contribution in [2.75, 3.05) is 0 Å². The molecular weight excluding hydrogens is 365 g/mol. The zero-order valence-electron chi connectivity index (χ0n) is 9.18. The van der Waals surface area contributed by atoms with E-state index in [9.17, 15) is 4.79 Å². The van der Waals surface area contributed by atoms with E-state index < -0.39 is 0 Å². The molecule has 6 heteroatoms. The predicted molar refractivity (Wildman–Crippen MR) is 80.0 cm³/mol. The summed E-state index contributed by atoms with van der Waals surface area (Å²) >= 11 is 8.00. The van der Waals surface area contributed by atoms with E-state index in [1.165, 1.54) is 6.07 Å². The number of rotatable bonds is 0. The van der Waals surface area contributed by atoms with Crippen LogP contribution in [0.1, 0.15) is 0 Å². The van der Waals surface area contributed by atoms with Gasteiger partial charge >= 0.3 is 0 Å². The lowest BCUT2D eigenvalue weighted by molar-refractivity contribution is 0.961. The number of H-pyrrole nitrogens is 1. The zero-order chi connectivity index (χ0) is 13.0. The average Bonchev–Trinajstić information content (AvgIpc) is 2.72. The monoisotopic (exact) mass is 373 g/mol. The van der Waals surface area contributed by atoms with Gasteiger partial charge in [-0.15, -0.1) is 0 Å². The molecule has 0 bridgehead atoms. The summed E-state index contributed by atoms with van der Waals surface area (Å²) in [5.74, 6) is 0. The van der Waals surface area contributed by atoms with Gasteiger partial charge in [-0.3, -0.25) is 4.79 Å². The Balaban J connectivity index is 0.000000149. The maximum Gasteiger partial charge on any atom is 0.247 e. The van der Waals surface area contributed by atoms with Crippen LogP contribution in [0.5, 0.6) is 0 Å². The summed E-state index contributed by atoms with van der Waals surface area (Å²) in [7, 11) is 0. The van der Waals surface area contributed by atoms with Crippen LogP contribution in [0.2, 0.25) is 5.02 Å². The van der Waals surface area contributed by atoms with Crippen LogP contribution < -0.4 is 5.56 Å². The number of hydrogen-bond acceptors (Lipinski definition) is 2. The Morgan fingerprint density at radius 3 is 2.72 bits per heavy atom. The quantitative estimate of drug-likeness (QED) is 0.616. The van der Waals surface area contributed by atoms with Crippen molar-refractivity contribution in [1.82, 2.24) is 14.6 Å². The highest BCUT2D eigenvalue weighted by Gasteiger charge is 1.98. The summed E-state index contributed by atoms with van der Waals surface area (Å²) in [6, 6.07) is 8.75. The number of nitrogens with one attached hydrogen (secondary N) is 1. The van der Waals surface area contributed by atoms with Gasteiger partial charge in [0.05, 0.1) is 20.3 Å². The number of halogens is 2. The molecule has 0 aliphatic carbocycles. The van der Waals surface area contributed by atoms with Gasteiger partial charge in [-0.05, 0) is 40.8 Å². The highest BCUT2D eigenvalue weighted by atomic mass is 127. The summed E-state index contributed by atoms with van der Waals surface area (Å²) in [5, 5.41) is 4.81. The molecule has 0 aliphatic rings. The van der Waals surface area contributed by atoms with Crippen molar-refractivity contribution in [3.63, 3.8) is 0 Å². The first-order valence-electron chi connectivity index (χ1n) is 5.09. The van der Waals surface area contributed by atoms with Crippen molar-refractivity contribution in [3.8, 4) is 0 Å². The number of hydrogen-bond donors (Lipinski definition) is 1. The lowest BCUT2D eigenvalue weighted by Crippen LogP contribution is -1.98. The fourth-order valence-corrected chi connectivity index (χ4v) is 2.01. The molecule has 3 heterocycles. The third kappa shape index (κ3) is 3.33. The molecule has 0 spiro atoms. The minimum absolute atomic E-state index is 0.0532. The standard InChI is InChI=1S/C7H4ClIN2.C5H5NO/c8-5-1-2-7-6(9)3-10-11(7)4-5;7-5-3-1-2-4-6-5/h1-4H;1-4H,(H,6,7). The van der Waals surface area contributed by atoms with Gasteiger partial charge in [-0.1, -0.05) is 17.7 Å². The van der Waals surface area contributed by atoms with Crippen molar-refractivity contribution in [2.24, 2.45) is 0 Å². The van der Waals surface area contributed by atoms with Crippen LogP contribution in [-0.2, 0) is 0 Å². The van der Waals surface area contributed by atoms with Crippen LogP contribution in [0, 0.1) is 3.57 Å². The first kappa shape index (κ1) is 13.1. The van der Waals surface area contributed by atoms with Gasteiger partial charge in [0.15, 0.2) is 0 Å². The minimum Gasteiger partial charge on any atom is -0.329 e. The van der Waals surface area contributed by atoms with Gasteiger partial charge in [-0.25, -0.2) is 4.52 Å². The van der Waals surface area contributed by atoms with E-state index in [2.05, 4.69) is 32.7 Å². The van der Waals surface area contributed by atoms with Crippen LogP contribution in [0.25, 0.3) is 5.52 Å². The molecule has 0 radical (unpaired) electrons. The Labute approximate surface area is 122 Å². The summed E-state index contributed by atoms with van der Waals surface area (Å²) in [4.78, 5) is 12.7. The molecule has 3 aromatic rings. The largest absolute Gasteiger partial charge is 0.329 e. The van der Waals surface area contributed by atoms with Crippen molar-refractivity contribution in [3.05, 3.63) is 67.9 Å². The van der Waals surface area contributed by atoms with Crippen LogP contribution in [0.15, 0.2) is 53.7 Å². The Morgan fingerprint density at radius 1 is 1.28 bits per heavy atom. The predicted octanol–water partition coefficient (Wildman–Crippen LogP) is 2.97. The smallest absolute Gasteiger partial charge is 0.247 e. The van der Waals surface area contributed by atoms with Crippen LogP contribution in [-0.4, -0.2) is 14.6 Å². The molecule has 4 nitrogen and oxygen atoms in total. The lowest BCUT2D eigenvalue weighted by Gasteiger charge is -1.92. The zero-order valence-corrected chi connectivity index (χ0v) is 12.1. The second kappa shape index (κ2) is 6.01. The van der Waals surface area contributed by atoms with Gasteiger partial charge in [0, 0.05) is 18.5 Å². The molecular formula is C12H9ClIN3O. The minimum atomic E-state index is -0.0532. The number of pyridine rings is 2. The molecule has 3 aromatic heterocycles. The van der Waals surface area contributed by atoms with Crippen molar-refractivity contribution in [1.29, 1.82) is 0 Å². The Morgan fingerprint density at radius 2 is 2.11 bits per heavy atom. The van der Waals surface area contributed by atoms with E-state index in [0.29, 0.717) is 5.02 Å². The normalized spacial score (nSPS) is 9.89. The third-order valence-electron chi connectivity index (χ3n) is 2.11. The maximum atomic E-state index is 10.2. The van der Waals surface area contributed by atoms with E-state index in [0.717, 1.165) is 9.09 Å². The summed E-state index contributed by atoms with van der Waals surface area (Å²) in [6.45, 7) is 0. The van der Waals surface area contributed by atoms with Gasteiger partial charge in [0.2, 0.25) is 5.56 Å². The molecule has 0 fully saturated rings. The van der Waals surface area contributed by atoms with E-state index in [4.69, 9.17) is 11.6 Å². The maximum absolute atomic E-state index is 10.2. The molecule has 0 saturated carbocycles. The molecule has 0 amide bonds. The van der Waals surface area contributed by atoms with Crippen LogP contribution in [0.3, 0.4) is 0 Å². The Hall–Kier alpha value is -1.34. The van der Waals surface area contributed by atoms with Crippen LogP contribution >= 0.6 is 34.2 Å². The topological polar surface area (TPSA) is 50.2 Å². The fourth-order valence-electron chi connectivity index (χ4n) is 1.30. The molecule has 0 aromatic carbocycles. The van der Waals surface area contributed by atoms with Gasteiger partial charge in [0.25, 0.3) is 0 Å². The Kier molecular flexibility index (Phi) is 4.38. The summed E-state index contributed by atoms with van der Waals surface area (Å²) in [5.41, 5.74) is 1.04. The molecule has 92 valence electrons. The van der Waals surface area contributed by atoms with E-state index >= 15 is 0 Å². The molecule has 0 aliphatic heterocycles. The first-order chi connectivity index (χ1) is 8.66. The molecule has 18 heavy (non-hydrogen) atoms. The SMILES string of the molecule is Clc1ccc2c(I)cnn2c1.O=c1cccc[nH]1. The van der Waals surface area contributed by atoms with E-state index in [-0.39, 0.29) is 5.56 Å². The first-order valence-corrected chi connectivity index (χ1v) is 6.54. The molecule has 1 N–H and O–H groups in total. The lowest BCUT2D eigenvalue weighted by atomic mass is 10.4. The van der Waals surface area contributed by atoms with Gasteiger partial charge in [0.1, 0.15) is 0 Å². The molecule has 0 atom stereocenters. The number of nitrogens with zero attached hydrogens (tertiary/aromatic N) is 2. The second-order valence-corrected chi connectivity index (χ2v) is 5.00. The van der Waals surface area contributed by atoms with Gasteiger partial charge < -0.3 is 4.98 Å². The summed E-state index contributed by atoms with van der Waals surface area (Å²) < 4.78 is 2.91. The van der Waals surface area contributed by atoms with Crippen LogP contribution in [0.4, 0.5) is 0 Å². The number of fused-ring (bicyclic) bond motifs is 1. The van der Waals surface area contributed by atoms with Gasteiger partial charge in [-0.2, -0.15) is 5.10 Å². The molecule has 3 rings (SSSR count). The van der Waals surface area contributed by atoms with Crippen molar-refractivity contribution in [2.45, 2.75) is 0 Å². The van der Waals surface area contributed by atoms with E-state index in [1.54, 1.807) is 29.0 Å². The number of aromatic nitrogens is 3. The third-order valence-corrected chi connectivity index (χ3v) is 3.17. The Bertz CT molecular complexity index is 690. The fraction of sp³-hybridized carbons (Fsp3) is 0. The number of aromatic amines is 1. The van der Waals surface area contributed by atoms with Crippen molar-refractivity contribution >= 4 is 39.7 Å². The molecule has 0 saturated heterocycles.